The average Bonchev–Trinajstić information content (AvgIpc) is 3.12. The van der Waals surface area contributed by atoms with Gasteiger partial charge in [0.15, 0.2) is 5.60 Å². The number of nitrogens with zero attached hydrogens (tertiary/aromatic N) is 1. The normalized spacial score (nSPS) is 15.1. The molecule has 4 N–H and O–H groups in total. The molecule has 0 aromatic heterocycles. The second-order valence-corrected chi connectivity index (χ2v) is 8.91. The van der Waals surface area contributed by atoms with Crippen LogP contribution in [0.2, 0.25) is 0 Å². The molecule has 0 radical (unpaired) electrons. The molecule has 0 saturated heterocycles. The maximum Gasteiger partial charge on any atom is 0.407 e. The number of hydrogen-bond acceptors (Lipinski definition) is 6. The molecule has 0 aliphatic heterocycles. The van der Waals surface area contributed by atoms with Gasteiger partial charge in [0.05, 0.1) is 6.54 Å². The van der Waals surface area contributed by atoms with Crippen molar-refractivity contribution in [2.24, 2.45) is 0 Å². The summed E-state index contributed by atoms with van der Waals surface area (Å²) in [5.74, 6) is -2.17. The molecule has 9 nitrogen and oxygen atoms in total. The number of carbonyl (C=O) groups is 3. The van der Waals surface area contributed by atoms with Crippen LogP contribution in [0, 0.1) is 0 Å². The van der Waals surface area contributed by atoms with Gasteiger partial charge in [-0.3, -0.25) is 4.79 Å². The largest absolute Gasteiger partial charge is 0.479 e. The fourth-order valence-corrected chi connectivity index (χ4v) is 3.90. The minimum atomic E-state index is -2.12. The quantitative estimate of drug-likeness (QED) is 0.418. The first-order valence-electron chi connectivity index (χ1n) is 11.1. The number of aliphatic carboxylic acids is 1. The zero-order valence-electron chi connectivity index (χ0n) is 19.6. The minimum Gasteiger partial charge on any atom is -0.479 e. The average molecular weight is 470 g/mol. The van der Waals surface area contributed by atoms with Crippen molar-refractivity contribution in [3.63, 3.8) is 0 Å². The van der Waals surface area contributed by atoms with Crippen molar-refractivity contribution in [2.75, 3.05) is 33.8 Å². The first kappa shape index (κ1) is 25.2. The Morgan fingerprint density at radius 3 is 2.15 bits per heavy atom. The molecular weight excluding hydrogens is 438 g/mol. The van der Waals surface area contributed by atoms with E-state index in [0.717, 1.165) is 29.2 Å². The molecule has 2 amide bonds. The van der Waals surface area contributed by atoms with E-state index in [4.69, 9.17) is 9.84 Å². The van der Waals surface area contributed by atoms with Gasteiger partial charge < -0.3 is 30.5 Å². The molecular formula is C25H31N3O6. The van der Waals surface area contributed by atoms with E-state index in [0.29, 0.717) is 6.54 Å². The monoisotopic (exact) mass is 469 g/mol. The van der Waals surface area contributed by atoms with E-state index in [1.807, 2.05) is 67.5 Å². The summed E-state index contributed by atoms with van der Waals surface area (Å²) in [5.41, 5.74) is 2.26. The van der Waals surface area contributed by atoms with E-state index in [9.17, 15) is 19.5 Å². The molecule has 0 saturated carbocycles. The van der Waals surface area contributed by atoms with Crippen LogP contribution in [-0.2, 0) is 14.3 Å². The van der Waals surface area contributed by atoms with Gasteiger partial charge >= 0.3 is 12.1 Å². The van der Waals surface area contributed by atoms with Crippen LogP contribution in [0.25, 0.3) is 11.1 Å². The number of nitrogens with one attached hydrogen (secondary N) is 2. The lowest BCUT2D eigenvalue weighted by Crippen LogP contribution is -2.53. The molecule has 0 fully saturated rings. The number of fused-ring (bicyclic) bond motifs is 3. The summed E-state index contributed by atoms with van der Waals surface area (Å²) in [6, 6.07) is 15.0. The Morgan fingerprint density at radius 2 is 1.62 bits per heavy atom. The van der Waals surface area contributed by atoms with Crippen LogP contribution in [-0.4, -0.2) is 78.5 Å². The van der Waals surface area contributed by atoms with Crippen molar-refractivity contribution in [3.8, 4) is 11.1 Å². The van der Waals surface area contributed by atoms with Gasteiger partial charge in [-0.15, -0.1) is 0 Å². The Kier molecular flexibility index (Phi) is 7.90. The number of carbonyl (C=O) groups excluding carboxylic acids is 2. The number of rotatable bonds is 10. The van der Waals surface area contributed by atoms with Crippen molar-refractivity contribution in [3.05, 3.63) is 59.7 Å². The molecule has 2 aromatic carbocycles. The number of aliphatic hydroxyl groups is 1. The van der Waals surface area contributed by atoms with Crippen LogP contribution >= 0.6 is 0 Å². The number of alkyl carbamates (subject to hydrolysis) is 1. The zero-order chi connectivity index (χ0) is 24.9. The van der Waals surface area contributed by atoms with Gasteiger partial charge in [-0.2, -0.15) is 0 Å². The minimum absolute atomic E-state index is 0.107. The third-order valence-electron chi connectivity index (χ3n) is 5.88. The first-order valence-corrected chi connectivity index (χ1v) is 11.1. The van der Waals surface area contributed by atoms with Crippen molar-refractivity contribution in [2.45, 2.75) is 30.9 Å². The van der Waals surface area contributed by atoms with Gasteiger partial charge in [0.1, 0.15) is 12.6 Å². The van der Waals surface area contributed by atoms with Gasteiger partial charge in [-0.25, -0.2) is 9.59 Å². The van der Waals surface area contributed by atoms with E-state index >= 15 is 0 Å². The predicted molar refractivity (Wildman–Crippen MR) is 126 cm³/mol. The van der Waals surface area contributed by atoms with E-state index < -0.39 is 36.2 Å². The Morgan fingerprint density at radius 1 is 1.06 bits per heavy atom. The molecule has 1 aliphatic carbocycles. The van der Waals surface area contributed by atoms with Crippen LogP contribution in [0.4, 0.5) is 4.79 Å². The number of carboxylic acids is 1. The summed E-state index contributed by atoms with van der Waals surface area (Å²) < 4.78 is 5.52. The Hall–Kier alpha value is -3.43. The van der Waals surface area contributed by atoms with Crippen LogP contribution in [0.15, 0.2) is 48.5 Å². The predicted octanol–water partition coefficient (Wildman–Crippen LogP) is 1.80. The van der Waals surface area contributed by atoms with Crippen LogP contribution in [0.3, 0.4) is 0 Å². The number of ether oxygens (including phenoxy) is 1. The summed E-state index contributed by atoms with van der Waals surface area (Å²) in [4.78, 5) is 38.2. The zero-order valence-corrected chi connectivity index (χ0v) is 19.6. The van der Waals surface area contributed by atoms with Crippen molar-refractivity contribution in [1.29, 1.82) is 0 Å². The number of carboxylic acid groups (broad SMARTS) is 1. The fraction of sp³-hybridized carbons (Fsp3) is 0.400. The van der Waals surface area contributed by atoms with Crippen LogP contribution in [0.1, 0.15) is 30.4 Å². The molecule has 9 heteroatoms. The molecule has 0 spiro atoms. The standard InChI is InChI=1S/C25H31N3O6/c1-25(33,23(30)31)15-26-22(29)21(12-13-28(2)3)27-24(32)34-14-20-18-10-6-4-8-16(18)17-9-5-7-11-19(17)20/h4-11,20-21,33H,12-15H2,1-3H3,(H,26,29)(H,27,32)(H,30,31). The Balaban J connectivity index is 1.64. The molecule has 182 valence electrons. The van der Waals surface area contributed by atoms with Crippen LogP contribution in [0.5, 0.6) is 0 Å². The summed E-state index contributed by atoms with van der Waals surface area (Å²) in [6.07, 6.45) is -0.469. The Labute approximate surface area is 198 Å². The van der Waals surface area contributed by atoms with Gasteiger partial charge in [0, 0.05) is 5.92 Å². The summed E-state index contributed by atoms with van der Waals surface area (Å²) in [7, 11) is 3.66. The second-order valence-electron chi connectivity index (χ2n) is 8.91. The summed E-state index contributed by atoms with van der Waals surface area (Å²) in [5, 5.41) is 23.9. The third kappa shape index (κ3) is 5.92. The molecule has 2 aromatic rings. The summed E-state index contributed by atoms with van der Waals surface area (Å²) in [6.45, 7) is 1.20. The lowest BCUT2D eigenvalue weighted by molar-refractivity contribution is -0.156. The van der Waals surface area contributed by atoms with Gasteiger partial charge in [0.25, 0.3) is 0 Å². The smallest absolute Gasteiger partial charge is 0.407 e. The molecule has 1 aliphatic rings. The highest BCUT2D eigenvalue weighted by Gasteiger charge is 2.33. The first-order chi connectivity index (χ1) is 16.1. The lowest BCUT2D eigenvalue weighted by Gasteiger charge is -2.23. The highest BCUT2D eigenvalue weighted by atomic mass is 16.5. The van der Waals surface area contributed by atoms with Gasteiger partial charge in [-0.1, -0.05) is 48.5 Å². The molecule has 34 heavy (non-hydrogen) atoms. The number of benzene rings is 2. The van der Waals surface area contributed by atoms with Gasteiger partial charge in [0.2, 0.25) is 5.91 Å². The number of hydrogen-bond donors (Lipinski definition) is 4. The number of amides is 2. The SMILES string of the molecule is CN(C)CCC(NC(=O)OCC1c2ccccc2-c2ccccc21)C(=O)NCC(C)(O)C(=O)O. The fourth-order valence-electron chi connectivity index (χ4n) is 3.90. The van der Waals surface area contributed by atoms with E-state index in [1.54, 1.807) is 0 Å². The maximum absolute atomic E-state index is 12.6. The van der Waals surface area contributed by atoms with Gasteiger partial charge in [-0.05, 0) is 56.2 Å². The third-order valence-corrected chi connectivity index (χ3v) is 5.88. The highest BCUT2D eigenvalue weighted by molar-refractivity contribution is 5.86. The van der Waals surface area contributed by atoms with Crippen molar-refractivity contribution < 1.29 is 29.3 Å². The van der Waals surface area contributed by atoms with E-state index in [1.165, 1.54) is 0 Å². The van der Waals surface area contributed by atoms with Crippen molar-refractivity contribution >= 4 is 18.0 Å². The lowest BCUT2D eigenvalue weighted by atomic mass is 9.98. The molecule has 2 atom stereocenters. The molecule has 0 bridgehead atoms. The van der Waals surface area contributed by atoms with E-state index in [-0.39, 0.29) is 18.9 Å². The second kappa shape index (κ2) is 10.7. The molecule has 0 heterocycles. The highest BCUT2D eigenvalue weighted by Crippen LogP contribution is 2.44. The Bertz CT molecular complexity index is 1010. The maximum atomic E-state index is 12.6. The van der Waals surface area contributed by atoms with E-state index in [2.05, 4.69) is 10.6 Å². The molecule has 2 unspecified atom stereocenters. The topological polar surface area (TPSA) is 128 Å². The summed E-state index contributed by atoms with van der Waals surface area (Å²) >= 11 is 0. The molecule has 3 rings (SSSR count). The van der Waals surface area contributed by atoms with Crippen molar-refractivity contribution in [1.82, 2.24) is 15.5 Å². The van der Waals surface area contributed by atoms with Crippen LogP contribution < -0.4 is 10.6 Å².